The van der Waals surface area contributed by atoms with Gasteiger partial charge in [0.25, 0.3) is 0 Å². The summed E-state index contributed by atoms with van der Waals surface area (Å²) in [7, 11) is 0. The van der Waals surface area contributed by atoms with Gasteiger partial charge >= 0.3 is 6.18 Å². The van der Waals surface area contributed by atoms with E-state index in [2.05, 4.69) is 0 Å². The molecule has 1 unspecified atom stereocenters. The second-order valence-electron chi connectivity index (χ2n) is 6.92. The molecule has 1 aliphatic rings. The molecule has 1 saturated heterocycles. The van der Waals surface area contributed by atoms with Crippen LogP contribution in [0.1, 0.15) is 24.8 Å². The van der Waals surface area contributed by atoms with Crippen LogP contribution in [0.5, 0.6) is 11.5 Å². The van der Waals surface area contributed by atoms with Gasteiger partial charge in [-0.25, -0.2) is 0 Å². The fraction of sp³-hybridized carbons (Fsp3) is 0.273. The van der Waals surface area contributed by atoms with Crippen LogP contribution in [0.3, 0.4) is 0 Å². The second kappa shape index (κ2) is 7.26. The average Bonchev–Trinajstić information content (AvgIpc) is 2.69. The maximum absolute atomic E-state index is 13.0. The molecular formula is C22H19F3NO2. The zero-order chi connectivity index (χ0) is 19.7. The Bertz CT molecular complexity index is 987. The maximum Gasteiger partial charge on any atom is 0.416 e. The molecule has 0 aromatic heterocycles. The molecule has 4 rings (SSSR count). The summed E-state index contributed by atoms with van der Waals surface area (Å²) in [6, 6.07) is 15.9. The monoisotopic (exact) mass is 386 g/mol. The lowest BCUT2D eigenvalue weighted by molar-refractivity contribution is -0.137. The molecule has 1 radical (unpaired) electrons. The maximum atomic E-state index is 13.0. The van der Waals surface area contributed by atoms with Gasteiger partial charge in [-0.2, -0.15) is 13.2 Å². The third-order valence-corrected chi connectivity index (χ3v) is 5.05. The molecule has 3 aromatic rings. The molecule has 1 aliphatic heterocycles. The van der Waals surface area contributed by atoms with Crippen molar-refractivity contribution in [2.75, 3.05) is 11.4 Å². The second-order valence-corrected chi connectivity index (χ2v) is 6.92. The first-order chi connectivity index (χ1) is 13.4. The smallest absolute Gasteiger partial charge is 0.416 e. The molecule has 0 bridgehead atoms. The number of alkyl halides is 3. The number of anilines is 1. The number of nitrogens with zero attached hydrogens (tertiary/aromatic N) is 1. The van der Waals surface area contributed by atoms with E-state index >= 15 is 0 Å². The molecule has 3 aromatic carbocycles. The van der Waals surface area contributed by atoms with Crippen LogP contribution in [0.4, 0.5) is 18.9 Å². The Kier molecular flexibility index (Phi) is 4.79. The van der Waals surface area contributed by atoms with Gasteiger partial charge in [0.1, 0.15) is 5.75 Å². The number of ether oxygens (including phenoxy) is 1. The number of fused-ring (bicyclic) bond motifs is 1. The van der Waals surface area contributed by atoms with Crippen molar-refractivity contribution < 1.29 is 23.0 Å². The Labute approximate surface area is 161 Å². The van der Waals surface area contributed by atoms with Crippen molar-refractivity contribution in [1.82, 2.24) is 0 Å². The number of hydrogen-bond donors (Lipinski definition) is 0. The number of hydrogen-bond acceptors (Lipinski definition) is 2. The minimum atomic E-state index is -4.42. The van der Waals surface area contributed by atoms with Crippen LogP contribution in [-0.2, 0) is 11.3 Å². The molecule has 0 spiro atoms. The number of rotatable bonds is 3. The van der Waals surface area contributed by atoms with E-state index in [4.69, 9.17) is 4.74 Å². The minimum absolute atomic E-state index is 0.0855. The molecule has 28 heavy (non-hydrogen) atoms. The number of benzene rings is 3. The highest BCUT2D eigenvalue weighted by Crippen LogP contribution is 2.39. The van der Waals surface area contributed by atoms with Crippen LogP contribution in [0, 0.1) is 0 Å². The average molecular weight is 386 g/mol. The SMILES string of the molecule is [O]c1c(N2CCCCC2Oc2cccc(C(F)(F)F)c2)ccc2ccccc12. The minimum Gasteiger partial charge on any atom is -0.471 e. The topological polar surface area (TPSA) is 32.4 Å². The lowest BCUT2D eigenvalue weighted by Gasteiger charge is -2.37. The standard InChI is InChI=1S/C22H19F3NO2/c23-22(24,25)16-7-5-8-17(14-16)28-20-10-3-4-13-26(20)19-12-11-15-6-1-2-9-18(15)21(19)27/h1-2,5-9,11-12,14,20H,3-4,10,13H2. The van der Waals surface area contributed by atoms with E-state index in [-0.39, 0.29) is 11.5 Å². The Hall–Kier alpha value is -2.89. The van der Waals surface area contributed by atoms with Crippen LogP contribution >= 0.6 is 0 Å². The number of piperidine rings is 1. The summed E-state index contributed by atoms with van der Waals surface area (Å²) in [6.07, 6.45) is -2.48. The highest BCUT2D eigenvalue weighted by molar-refractivity contribution is 5.93. The van der Waals surface area contributed by atoms with Crippen molar-refractivity contribution in [2.45, 2.75) is 31.7 Å². The van der Waals surface area contributed by atoms with Crippen LogP contribution in [0.15, 0.2) is 60.7 Å². The molecule has 1 atom stereocenters. The Morgan fingerprint density at radius 2 is 1.79 bits per heavy atom. The van der Waals surface area contributed by atoms with Gasteiger partial charge in [0.05, 0.1) is 11.3 Å². The zero-order valence-electron chi connectivity index (χ0n) is 15.1. The quantitative estimate of drug-likeness (QED) is 0.522. The molecule has 3 nitrogen and oxygen atoms in total. The zero-order valence-corrected chi connectivity index (χ0v) is 15.1. The van der Waals surface area contributed by atoms with Crippen LogP contribution in [-0.4, -0.2) is 12.8 Å². The summed E-state index contributed by atoms with van der Waals surface area (Å²) in [4.78, 5) is 1.87. The largest absolute Gasteiger partial charge is 0.471 e. The van der Waals surface area contributed by atoms with Gasteiger partial charge in [0.2, 0.25) is 5.75 Å². The molecule has 0 N–H and O–H groups in total. The van der Waals surface area contributed by atoms with E-state index in [0.29, 0.717) is 24.0 Å². The van der Waals surface area contributed by atoms with E-state index in [1.54, 1.807) is 12.1 Å². The van der Waals surface area contributed by atoms with Crippen molar-refractivity contribution in [1.29, 1.82) is 0 Å². The van der Waals surface area contributed by atoms with Crippen LogP contribution in [0.2, 0.25) is 0 Å². The Morgan fingerprint density at radius 3 is 2.61 bits per heavy atom. The fourth-order valence-corrected chi connectivity index (χ4v) is 3.66. The Morgan fingerprint density at radius 1 is 0.964 bits per heavy atom. The summed E-state index contributed by atoms with van der Waals surface area (Å²) in [5, 5.41) is 14.5. The first-order valence-electron chi connectivity index (χ1n) is 9.23. The van der Waals surface area contributed by atoms with E-state index in [9.17, 15) is 18.3 Å². The first kappa shape index (κ1) is 18.5. The molecule has 145 valence electrons. The highest BCUT2D eigenvalue weighted by atomic mass is 19.4. The van der Waals surface area contributed by atoms with Crippen molar-refractivity contribution in [2.24, 2.45) is 0 Å². The van der Waals surface area contributed by atoms with E-state index in [1.165, 1.54) is 12.1 Å². The lowest BCUT2D eigenvalue weighted by atomic mass is 10.0. The van der Waals surface area contributed by atoms with Crippen molar-refractivity contribution >= 4 is 16.5 Å². The lowest BCUT2D eigenvalue weighted by Crippen LogP contribution is -2.43. The van der Waals surface area contributed by atoms with Crippen molar-refractivity contribution in [3.63, 3.8) is 0 Å². The van der Waals surface area contributed by atoms with Gasteiger partial charge in [0, 0.05) is 18.4 Å². The van der Waals surface area contributed by atoms with Gasteiger partial charge in [-0.3, -0.25) is 5.11 Å². The van der Waals surface area contributed by atoms with Gasteiger partial charge in [0.15, 0.2) is 6.23 Å². The van der Waals surface area contributed by atoms with Gasteiger partial charge in [-0.1, -0.05) is 36.4 Å². The van der Waals surface area contributed by atoms with Gasteiger partial charge < -0.3 is 9.64 Å². The van der Waals surface area contributed by atoms with Crippen LogP contribution < -0.4 is 9.64 Å². The van der Waals surface area contributed by atoms with E-state index in [0.717, 1.165) is 30.4 Å². The molecule has 0 saturated carbocycles. The molecule has 1 fully saturated rings. The van der Waals surface area contributed by atoms with Crippen molar-refractivity contribution in [3.05, 3.63) is 66.2 Å². The predicted octanol–water partition coefficient (Wildman–Crippen LogP) is 6.40. The third-order valence-electron chi connectivity index (χ3n) is 5.05. The summed E-state index contributed by atoms with van der Waals surface area (Å²) >= 11 is 0. The summed E-state index contributed by atoms with van der Waals surface area (Å²) in [5.74, 6) is 0.0672. The fourth-order valence-electron chi connectivity index (χ4n) is 3.66. The summed E-state index contributed by atoms with van der Waals surface area (Å²) in [5.41, 5.74) is -0.224. The number of halogens is 3. The van der Waals surface area contributed by atoms with E-state index in [1.807, 2.05) is 29.2 Å². The highest BCUT2D eigenvalue weighted by Gasteiger charge is 2.32. The van der Waals surface area contributed by atoms with Crippen molar-refractivity contribution in [3.8, 4) is 11.5 Å². The predicted molar refractivity (Wildman–Crippen MR) is 101 cm³/mol. The third kappa shape index (κ3) is 3.59. The van der Waals surface area contributed by atoms with Crippen LogP contribution in [0.25, 0.3) is 10.8 Å². The molecular weight excluding hydrogens is 367 g/mol. The molecule has 1 heterocycles. The molecule has 0 amide bonds. The Balaban J connectivity index is 1.65. The van der Waals surface area contributed by atoms with E-state index < -0.39 is 18.0 Å². The van der Waals surface area contributed by atoms with Gasteiger partial charge in [-0.15, -0.1) is 0 Å². The normalized spacial score (nSPS) is 17.7. The molecule has 0 aliphatic carbocycles. The first-order valence-corrected chi connectivity index (χ1v) is 9.23. The molecule has 6 heteroatoms. The van der Waals surface area contributed by atoms with Gasteiger partial charge in [-0.05, 0) is 42.5 Å². The summed E-state index contributed by atoms with van der Waals surface area (Å²) in [6.45, 7) is 0.622. The summed E-state index contributed by atoms with van der Waals surface area (Å²) < 4.78 is 44.9.